The molecular weight excluding hydrogens is 450 g/mol. The number of carbonyl (C=O) groups is 1. The van der Waals surface area contributed by atoms with Crippen LogP contribution in [-0.2, 0) is 0 Å². The summed E-state index contributed by atoms with van der Waals surface area (Å²) in [6.07, 6.45) is 0.877. The van der Waals surface area contributed by atoms with E-state index in [2.05, 4.69) is 0 Å². The van der Waals surface area contributed by atoms with E-state index in [0.717, 1.165) is 6.42 Å². The van der Waals surface area contributed by atoms with Crippen molar-refractivity contribution in [1.29, 1.82) is 5.26 Å². The van der Waals surface area contributed by atoms with Crippen LogP contribution in [0.2, 0.25) is 0 Å². The van der Waals surface area contributed by atoms with Crippen LogP contribution in [0.15, 0.2) is 78.2 Å². The Kier molecular flexibility index (Phi) is 6.64. The molecule has 2 N–H and O–H groups in total. The van der Waals surface area contributed by atoms with Crippen LogP contribution < -0.4 is 19.9 Å². The van der Waals surface area contributed by atoms with Crippen molar-refractivity contribution < 1.29 is 23.9 Å². The highest BCUT2D eigenvalue weighted by Crippen LogP contribution is 2.44. The number of rotatable bonds is 7. The van der Waals surface area contributed by atoms with E-state index in [1.54, 1.807) is 48.5 Å². The van der Waals surface area contributed by atoms with Crippen LogP contribution in [0.25, 0.3) is 0 Å². The van der Waals surface area contributed by atoms with Crippen LogP contribution >= 0.6 is 0 Å². The molecule has 0 amide bonds. The third-order valence-corrected chi connectivity index (χ3v) is 5.38. The van der Waals surface area contributed by atoms with Crippen molar-refractivity contribution in [2.24, 2.45) is 5.73 Å². The van der Waals surface area contributed by atoms with Crippen molar-refractivity contribution in [3.05, 3.63) is 105 Å². The molecule has 176 valence electrons. The van der Waals surface area contributed by atoms with Gasteiger partial charge in [0.1, 0.15) is 28.9 Å². The van der Waals surface area contributed by atoms with E-state index in [1.165, 1.54) is 18.2 Å². The van der Waals surface area contributed by atoms with Gasteiger partial charge < -0.3 is 19.9 Å². The summed E-state index contributed by atoms with van der Waals surface area (Å²) in [4.78, 5) is 23.4. The molecule has 0 fully saturated rings. The molecular formula is C26H21N3O6. The molecule has 1 heterocycles. The molecule has 0 bridgehead atoms. The van der Waals surface area contributed by atoms with Gasteiger partial charge in [-0.15, -0.1) is 0 Å². The van der Waals surface area contributed by atoms with Gasteiger partial charge in [-0.3, -0.25) is 10.1 Å². The predicted molar refractivity (Wildman–Crippen MR) is 126 cm³/mol. The van der Waals surface area contributed by atoms with Gasteiger partial charge in [0.2, 0.25) is 5.88 Å². The van der Waals surface area contributed by atoms with Gasteiger partial charge in [-0.25, -0.2) is 4.79 Å². The first-order valence-corrected chi connectivity index (χ1v) is 10.8. The lowest BCUT2D eigenvalue weighted by molar-refractivity contribution is -0.384. The zero-order valence-electron chi connectivity index (χ0n) is 18.8. The Labute approximate surface area is 201 Å². The first kappa shape index (κ1) is 23.3. The first-order valence-electron chi connectivity index (χ1n) is 10.8. The van der Waals surface area contributed by atoms with Gasteiger partial charge in [-0.05, 0) is 42.3 Å². The van der Waals surface area contributed by atoms with Crippen LogP contribution in [0.5, 0.6) is 17.2 Å². The van der Waals surface area contributed by atoms with Gasteiger partial charge in [0.05, 0.1) is 23.0 Å². The van der Waals surface area contributed by atoms with E-state index in [9.17, 15) is 20.2 Å². The molecule has 0 radical (unpaired) electrons. The maximum Gasteiger partial charge on any atom is 0.343 e. The van der Waals surface area contributed by atoms with Crippen LogP contribution in [-0.4, -0.2) is 17.5 Å². The Morgan fingerprint density at radius 3 is 2.57 bits per heavy atom. The molecule has 35 heavy (non-hydrogen) atoms. The Hall–Kier alpha value is -4.84. The minimum absolute atomic E-state index is 0.108. The van der Waals surface area contributed by atoms with E-state index in [0.29, 0.717) is 29.0 Å². The number of non-ortho nitro benzene ring substituents is 1. The van der Waals surface area contributed by atoms with Crippen LogP contribution in [0.1, 0.15) is 40.7 Å². The predicted octanol–water partition coefficient (Wildman–Crippen LogP) is 4.82. The summed E-state index contributed by atoms with van der Waals surface area (Å²) in [5.74, 6) is -0.211. The summed E-state index contributed by atoms with van der Waals surface area (Å²) in [5, 5.41) is 20.9. The topological polar surface area (TPSA) is 138 Å². The third-order valence-electron chi connectivity index (χ3n) is 5.38. The monoisotopic (exact) mass is 471 g/mol. The molecule has 0 aromatic heterocycles. The molecule has 3 aromatic carbocycles. The number of benzene rings is 3. The molecule has 9 nitrogen and oxygen atoms in total. The second-order valence-electron chi connectivity index (χ2n) is 7.74. The molecule has 4 rings (SSSR count). The van der Waals surface area contributed by atoms with Crippen molar-refractivity contribution in [1.82, 2.24) is 0 Å². The average molecular weight is 471 g/mol. The molecule has 0 saturated carbocycles. The number of nitrogens with two attached hydrogens (primary N) is 1. The summed E-state index contributed by atoms with van der Waals surface area (Å²) in [6.45, 7) is 2.59. The van der Waals surface area contributed by atoms with E-state index in [4.69, 9.17) is 19.9 Å². The number of nitriles is 1. The maximum absolute atomic E-state index is 12.6. The standard InChI is InChI=1S/C26H21N3O6/c1-2-12-33-19-8-6-16(7-9-19)26(30)34-20-10-11-21-23(14-20)35-25(28)22(15-27)24(21)17-4-3-5-18(13-17)29(31)32/h3-11,13-14,24H,2,12,28H2,1H3/t24-/m1/s1. The molecule has 3 aromatic rings. The fourth-order valence-electron chi connectivity index (χ4n) is 3.73. The number of allylic oxidation sites excluding steroid dienone is 1. The summed E-state index contributed by atoms with van der Waals surface area (Å²) in [7, 11) is 0. The SMILES string of the molecule is CCCOc1ccc(C(=O)Oc2ccc3c(c2)OC(N)=C(C#N)[C@@H]3c2cccc([N+](=O)[O-])c2)cc1. The Morgan fingerprint density at radius 1 is 1.14 bits per heavy atom. The highest BCUT2D eigenvalue weighted by atomic mass is 16.6. The van der Waals surface area contributed by atoms with Crippen molar-refractivity contribution in [3.63, 3.8) is 0 Å². The van der Waals surface area contributed by atoms with Gasteiger partial charge in [-0.1, -0.05) is 25.1 Å². The highest BCUT2D eigenvalue weighted by Gasteiger charge is 2.32. The highest BCUT2D eigenvalue weighted by molar-refractivity contribution is 5.91. The number of fused-ring (bicyclic) bond motifs is 1. The third kappa shape index (κ3) is 4.91. The van der Waals surface area contributed by atoms with Crippen LogP contribution in [0.3, 0.4) is 0 Å². The fraction of sp³-hybridized carbons (Fsp3) is 0.154. The Morgan fingerprint density at radius 2 is 1.89 bits per heavy atom. The Bertz CT molecular complexity index is 1360. The van der Waals surface area contributed by atoms with E-state index >= 15 is 0 Å². The molecule has 0 unspecified atom stereocenters. The largest absolute Gasteiger partial charge is 0.494 e. The summed E-state index contributed by atoms with van der Waals surface area (Å²) < 4.78 is 16.7. The van der Waals surface area contributed by atoms with Gasteiger partial charge in [0.25, 0.3) is 5.69 Å². The summed E-state index contributed by atoms with van der Waals surface area (Å²) >= 11 is 0. The maximum atomic E-state index is 12.6. The van der Waals surface area contributed by atoms with Gasteiger partial charge in [-0.2, -0.15) is 5.26 Å². The average Bonchev–Trinajstić information content (AvgIpc) is 2.86. The molecule has 1 atom stereocenters. The molecule has 0 saturated heterocycles. The van der Waals surface area contributed by atoms with Crippen molar-refractivity contribution in [2.45, 2.75) is 19.3 Å². The normalized spacial score (nSPS) is 14.3. The first-order chi connectivity index (χ1) is 16.9. The van der Waals surface area contributed by atoms with Gasteiger partial charge >= 0.3 is 5.97 Å². The van der Waals surface area contributed by atoms with E-state index in [1.807, 2.05) is 13.0 Å². The van der Waals surface area contributed by atoms with Crippen LogP contribution in [0.4, 0.5) is 5.69 Å². The van der Waals surface area contributed by atoms with E-state index < -0.39 is 16.8 Å². The summed E-state index contributed by atoms with van der Waals surface area (Å²) in [5.41, 5.74) is 7.44. The number of ether oxygens (including phenoxy) is 3. The fourth-order valence-corrected chi connectivity index (χ4v) is 3.73. The zero-order chi connectivity index (χ0) is 24.9. The Balaban J connectivity index is 1.61. The number of hydrogen-bond donors (Lipinski definition) is 1. The number of hydrogen-bond acceptors (Lipinski definition) is 8. The van der Waals surface area contributed by atoms with Crippen molar-refractivity contribution in [2.75, 3.05) is 6.61 Å². The summed E-state index contributed by atoms with van der Waals surface area (Å²) in [6, 6.07) is 19.4. The molecule has 0 spiro atoms. The van der Waals surface area contributed by atoms with E-state index in [-0.39, 0.29) is 28.6 Å². The van der Waals surface area contributed by atoms with Crippen molar-refractivity contribution in [3.8, 4) is 23.3 Å². The number of esters is 1. The lowest BCUT2D eigenvalue weighted by Crippen LogP contribution is -2.21. The lowest BCUT2D eigenvalue weighted by atomic mass is 9.83. The number of nitro groups is 1. The minimum atomic E-state index is -0.677. The molecule has 1 aliphatic rings. The van der Waals surface area contributed by atoms with Crippen molar-refractivity contribution >= 4 is 11.7 Å². The van der Waals surface area contributed by atoms with Gasteiger partial charge in [0, 0.05) is 23.8 Å². The second-order valence-corrected chi connectivity index (χ2v) is 7.74. The second kappa shape index (κ2) is 9.97. The van der Waals surface area contributed by atoms with Crippen LogP contribution in [0, 0.1) is 21.4 Å². The quantitative estimate of drug-likeness (QED) is 0.224. The number of carbonyl (C=O) groups excluding carboxylic acids is 1. The molecule has 0 aliphatic carbocycles. The van der Waals surface area contributed by atoms with Gasteiger partial charge in [0.15, 0.2) is 0 Å². The smallest absolute Gasteiger partial charge is 0.343 e. The number of nitro benzene ring substituents is 1. The number of nitrogens with zero attached hydrogens (tertiary/aromatic N) is 2. The minimum Gasteiger partial charge on any atom is -0.494 e. The lowest BCUT2D eigenvalue weighted by Gasteiger charge is -2.26. The zero-order valence-corrected chi connectivity index (χ0v) is 18.8. The molecule has 1 aliphatic heterocycles. The molecule has 9 heteroatoms.